The van der Waals surface area contributed by atoms with Gasteiger partial charge in [0, 0.05) is 0 Å². The van der Waals surface area contributed by atoms with Crippen molar-refractivity contribution in [3.63, 3.8) is 0 Å². The minimum atomic E-state index is -3.05. The third-order valence-corrected chi connectivity index (χ3v) is 6.29. The van der Waals surface area contributed by atoms with Gasteiger partial charge in [-0.3, -0.25) is 5.32 Å². The number of fused-ring (bicyclic) bond motifs is 1. The fourth-order valence-corrected chi connectivity index (χ4v) is 5.39. The van der Waals surface area contributed by atoms with Crippen LogP contribution in [0, 0.1) is 0 Å². The molecule has 8 heteroatoms. The molecule has 2 amide bonds. The number of benzene rings is 1. The number of hydrogen-bond donors (Lipinski definition) is 2. The zero-order chi connectivity index (χ0) is 15.1. The Bertz CT molecular complexity index is 767. The van der Waals surface area contributed by atoms with E-state index in [0.29, 0.717) is 11.6 Å². The number of sulfone groups is 1. The second-order valence-corrected chi connectivity index (χ2v) is 8.68. The average molecular weight is 325 g/mol. The molecule has 6 nitrogen and oxygen atoms in total. The van der Waals surface area contributed by atoms with Gasteiger partial charge in [-0.25, -0.2) is 18.2 Å². The number of carbonyl (C=O) groups is 1. The third-order valence-electron chi connectivity index (χ3n) is 3.43. The van der Waals surface area contributed by atoms with Gasteiger partial charge in [-0.2, -0.15) is 0 Å². The number of nitrogens with zero attached hydrogens (tertiary/aromatic N) is 1. The standard InChI is InChI=1S/C13H15N3O3S2/c1-13(6-7-21(18,19)8-13)16-11(17)15-12-14-9-4-2-3-5-10(9)20-12/h2-5H,6-8H2,1H3,(H2,14,15,16,17)/t13-/m0/s1. The highest BCUT2D eigenvalue weighted by molar-refractivity contribution is 7.91. The number of hydrogen-bond acceptors (Lipinski definition) is 5. The molecule has 0 bridgehead atoms. The molecule has 0 saturated carbocycles. The summed E-state index contributed by atoms with van der Waals surface area (Å²) in [6.07, 6.45) is 0.433. The van der Waals surface area contributed by atoms with Crippen molar-refractivity contribution in [2.75, 3.05) is 16.8 Å². The second kappa shape index (κ2) is 4.96. The van der Waals surface area contributed by atoms with Gasteiger partial charge in [0.1, 0.15) is 0 Å². The SMILES string of the molecule is C[C@]1(NC(=O)Nc2nc3ccccc3s2)CCS(=O)(=O)C1. The number of nitrogens with one attached hydrogen (secondary N) is 2. The maximum Gasteiger partial charge on any atom is 0.321 e. The number of para-hydroxylation sites is 1. The fourth-order valence-electron chi connectivity index (χ4n) is 2.44. The lowest BCUT2D eigenvalue weighted by Gasteiger charge is -2.23. The number of thiazole rings is 1. The number of rotatable bonds is 2. The Labute approximate surface area is 126 Å². The van der Waals surface area contributed by atoms with E-state index in [2.05, 4.69) is 15.6 Å². The van der Waals surface area contributed by atoms with E-state index in [1.54, 1.807) is 6.92 Å². The predicted octanol–water partition coefficient (Wildman–Crippen LogP) is 1.99. The van der Waals surface area contributed by atoms with E-state index < -0.39 is 21.4 Å². The average Bonchev–Trinajstić information content (AvgIpc) is 2.88. The lowest BCUT2D eigenvalue weighted by Crippen LogP contribution is -2.48. The minimum Gasteiger partial charge on any atom is -0.332 e. The molecular formula is C13H15N3O3S2. The Morgan fingerprint density at radius 3 is 2.81 bits per heavy atom. The highest BCUT2D eigenvalue weighted by Crippen LogP contribution is 2.26. The van der Waals surface area contributed by atoms with Crippen molar-refractivity contribution < 1.29 is 13.2 Å². The van der Waals surface area contributed by atoms with E-state index in [9.17, 15) is 13.2 Å². The molecule has 1 fully saturated rings. The summed E-state index contributed by atoms with van der Waals surface area (Å²) in [6, 6.07) is 7.18. The largest absolute Gasteiger partial charge is 0.332 e. The Kier molecular flexibility index (Phi) is 3.37. The molecule has 0 radical (unpaired) electrons. The summed E-state index contributed by atoms with van der Waals surface area (Å²) in [5.74, 6) is 0.0954. The van der Waals surface area contributed by atoms with Crippen molar-refractivity contribution in [1.82, 2.24) is 10.3 Å². The predicted molar refractivity (Wildman–Crippen MR) is 83.5 cm³/mol. The van der Waals surface area contributed by atoms with Crippen molar-refractivity contribution in [3.05, 3.63) is 24.3 Å². The van der Waals surface area contributed by atoms with Crippen LogP contribution < -0.4 is 10.6 Å². The fraction of sp³-hybridized carbons (Fsp3) is 0.385. The first-order valence-electron chi connectivity index (χ1n) is 6.50. The molecule has 0 spiro atoms. The maximum absolute atomic E-state index is 12.0. The van der Waals surface area contributed by atoms with Crippen molar-refractivity contribution in [2.24, 2.45) is 0 Å². The first-order chi connectivity index (χ1) is 9.85. The van der Waals surface area contributed by atoms with Gasteiger partial charge in [0.25, 0.3) is 0 Å². The van der Waals surface area contributed by atoms with Gasteiger partial charge in [-0.1, -0.05) is 23.5 Å². The summed E-state index contributed by atoms with van der Waals surface area (Å²) in [6.45, 7) is 1.75. The molecule has 21 heavy (non-hydrogen) atoms. The number of urea groups is 1. The molecule has 2 aromatic rings. The van der Waals surface area contributed by atoms with Crippen molar-refractivity contribution in [1.29, 1.82) is 0 Å². The molecule has 1 aromatic heterocycles. The van der Waals surface area contributed by atoms with Crippen LogP contribution in [0.15, 0.2) is 24.3 Å². The molecule has 3 rings (SSSR count). The van der Waals surface area contributed by atoms with E-state index in [1.165, 1.54) is 11.3 Å². The van der Waals surface area contributed by atoms with Crippen LogP contribution in [0.25, 0.3) is 10.2 Å². The van der Waals surface area contributed by atoms with Crippen LogP contribution in [-0.2, 0) is 9.84 Å². The van der Waals surface area contributed by atoms with Gasteiger partial charge >= 0.3 is 6.03 Å². The van der Waals surface area contributed by atoms with E-state index in [1.807, 2.05) is 24.3 Å². The van der Waals surface area contributed by atoms with Crippen LogP contribution in [0.4, 0.5) is 9.93 Å². The molecule has 112 valence electrons. The normalized spacial score (nSPS) is 24.0. The summed E-state index contributed by atoms with van der Waals surface area (Å²) in [5, 5.41) is 5.91. The summed E-state index contributed by atoms with van der Waals surface area (Å²) in [5.41, 5.74) is 0.118. The number of amides is 2. The van der Waals surface area contributed by atoms with Gasteiger partial charge in [-0.05, 0) is 25.5 Å². The van der Waals surface area contributed by atoms with Crippen LogP contribution in [0.3, 0.4) is 0 Å². The van der Waals surface area contributed by atoms with Crippen LogP contribution in [0.2, 0.25) is 0 Å². The Balaban J connectivity index is 1.69. The van der Waals surface area contributed by atoms with Gasteiger partial charge < -0.3 is 5.32 Å². The highest BCUT2D eigenvalue weighted by atomic mass is 32.2. The van der Waals surface area contributed by atoms with Gasteiger partial charge in [0.2, 0.25) is 0 Å². The smallest absolute Gasteiger partial charge is 0.321 e. The lowest BCUT2D eigenvalue weighted by molar-refractivity contribution is 0.242. The molecule has 0 aliphatic carbocycles. The zero-order valence-electron chi connectivity index (χ0n) is 11.4. The van der Waals surface area contributed by atoms with Crippen LogP contribution in [-0.4, -0.2) is 36.5 Å². The molecule has 1 aromatic carbocycles. The molecule has 1 aliphatic heterocycles. The van der Waals surface area contributed by atoms with Crippen molar-refractivity contribution in [3.8, 4) is 0 Å². The maximum atomic E-state index is 12.0. The van der Waals surface area contributed by atoms with E-state index in [-0.39, 0.29) is 11.5 Å². The molecule has 1 saturated heterocycles. The number of aromatic nitrogens is 1. The molecule has 0 unspecified atom stereocenters. The third kappa shape index (κ3) is 3.16. The minimum absolute atomic E-state index is 0.0206. The molecular weight excluding hydrogens is 310 g/mol. The van der Waals surface area contributed by atoms with Crippen molar-refractivity contribution in [2.45, 2.75) is 18.9 Å². The van der Waals surface area contributed by atoms with Gasteiger partial charge in [0.15, 0.2) is 15.0 Å². The Morgan fingerprint density at radius 1 is 1.38 bits per heavy atom. The van der Waals surface area contributed by atoms with E-state index in [0.717, 1.165) is 10.2 Å². The number of carbonyl (C=O) groups excluding carboxylic acids is 1. The lowest BCUT2D eigenvalue weighted by atomic mass is 10.0. The summed E-state index contributed by atoms with van der Waals surface area (Å²) in [4.78, 5) is 16.3. The Hall–Kier alpha value is -1.67. The zero-order valence-corrected chi connectivity index (χ0v) is 13.1. The van der Waals surface area contributed by atoms with Crippen molar-refractivity contribution >= 4 is 42.6 Å². The molecule has 2 heterocycles. The highest BCUT2D eigenvalue weighted by Gasteiger charge is 2.39. The van der Waals surface area contributed by atoms with Crippen LogP contribution in [0.5, 0.6) is 0 Å². The number of anilines is 1. The second-order valence-electron chi connectivity index (χ2n) is 5.47. The molecule has 1 atom stereocenters. The summed E-state index contributed by atoms with van der Waals surface area (Å²) >= 11 is 1.38. The quantitative estimate of drug-likeness (QED) is 0.884. The topological polar surface area (TPSA) is 88.2 Å². The monoisotopic (exact) mass is 325 g/mol. The van der Waals surface area contributed by atoms with Gasteiger partial charge in [-0.15, -0.1) is 0 Å². The van der Waals surface area contributed by atoms with Crippen LogP contribution >= 0.6 is 11.3 Å². The first-order valence-corrected chi connectivity index (χ1v) is 9.14. The van der Waals surface area contributed by atoms with Gasteiger partial charge in [0.05, 0.1) is 27.3 Å². The first kappa shape index (κ1) is 14.3. The molecule has 2 N–H and O–H groups in total. The summed E-state index contributed by atoms with van der Waals surface area (Å²) < 4.78 is 24.0. The van der Waals surface area contributed by atoms with E-state index in [4.69, 9.17) is 0 Å². The summed E-state index contributed by atoms with van der Waals surface area (Å²) in [7, 11) is -3.05. The van der Waals surface area contributed by atoms with Crippen LogP contribution in [0.1, 0.15) is 13.3 Å². The van der Waals surface area contributed by atoms with E-state index >= 15 is 0 Å². The Morgan fingerprint density at radius 2 is 2.14 bits per heavy atom. The molecule has 1 aliphatic rings.